The zero-order valence-electron chi connectivity index (χ0n) is 11.4. The van der Waals surface area contributed by atoms with E-state index in [1.54, 1.807) is 30.3 Å². The summed E-state index contributed by atoms with van der Waals surface area (Å²) in [6.45, 7) is -1.53. The fourth-order valence-corrected chi connectivity index (χ4v) is 2.03. The molecule has 3 nitrogen and oxygen atoms in total. The van der Waals surface area contributed by atoms with E-state index in [1.807, 2.05) is 6.07 Å². The quantitative estimate of drug-likeness (QED) is 0.910. The van der Waals surface area contributed by atoms with Gasteiger partial charge in [-0.2, -0.15) is 13.2 Å². The van der Waals surface area contributed by atoms with Gasteiger partial charge in [0.05, 0.1) is 0 Å². The highest BCUT2D eigenvalue weighted by Gasteiger charge is 2.30. The Hall–Kier alpha value is -2.50. The standard InChI is InChI=1S/C16H13F3O3/c17-16(18,19)10-22-14-12(7-4-8-13(14)15(20)21)9-11-5-2-1-3-6-11/h1-8H,9-10H2,(H,20,21). The van der Waals surface area contributed by atoms with Crippen molar-refractivity contribution in [3.05, 3.63) is 65.2 Å². The lowest BCUT2D eigenvalue weighted by molar-refractivity contribution is -0.153. The molecule has 116 valence electrons. The Bertz CT molecular complexity index is 651. The SMILES string of the molecule is O=C(O)c1cccc(Cc2ccccc2)c1OCC(F)(F)F. The molecule has 0 aliphatic heterocycles. The first kappa shape index (κ1) is 15.9. The van der Waals surface area contributed by atoms with E-state index >= 15 is 0 Å². The number of carbonyl (C=O) groups is 1. The largest absolute Gasteiger partial charge is 0.483 e. The van der Waals surface area contributed by atoms with Crippen molar-refractivity contribution in [1.82, 2.24) is 0 Å². The Balaban J connectivity index is 2.35. The molecule has 0 saturated heterocycles. The average molecular weight is 310 g/mol. The molecule has 1 N–H and O–H groups in total. The van der Waals surface area contributed by atoms with E-state index in [9.17, 15) is 18.0 Å². The van der Waals surface area contributed by atoms with Gasteiger partial charge < -0.3 is 9.84 Å². The molecular weight excluding hydrogens is 297 g/mol. The molecule has 0 saturated carbocycles. The Morgan fingerprint density at radius 3 is 2.32 bits per heavy atom. The molecule has 2 rings (SSSR count). The van der Waals surface area contributed by atoms with Crippen LogP contribution in [-0.4, -0.2) is 23.9 Å². The third kappa shape index (κ3) is 4.25. The highest BCUT2D eigenvalue weighted by molar-refractivity contribution is 5.91. The van der Waals surface area contributed by atoms with Crippen LogP contribution in [0.2, 0.25) is 0 Å². The van der Waals surface area contributed by atoms with Crippen molar-refractivity contribution < 1.29 is 27.8 Å². The second-order valence-electron chi connectivity index (χ2n) is 4.67. The maximum atomic E-state index is 12.4. The Morgan fingerprint density at radius 1 is 1.05 bits per heavy atom. The molecule has 0 fully saturated rings. The number of benzene rings is 2. The van der Waals surface area contributed by atoms with Crippen molar-refractivity contribution in [3.8, 4) is 5.75 Å². The van der Waals surface area contributed by atoms with Gasteiger partial charge in [-0.3, -0.25) is 0 Å². The summed E-state index contributed by atoms with van der Waals surface area (Å²) in [5.74, 6) is -1.57. The van der Waals surface area contributed by atoms with Gasteiger partial charge in [-0.25, -0.2) is 4.79 Å². The molecule has 0 radical (unpaired) electrons. The summed E-state index contributed by atoms with van der Waals surface area (Å²) in [4.78, 5) is 11.2. The molecule has 0 unspecified atom stereocenters. The molecule has 2 aromatic rings. The second kappa shape index (κ2) is 6.51. The van der Waals surface area contributed by atoms with Gasteiger partial charge in [-0.1, -0.05) is 42.5 Å². The van der Waals surface area contributed by atoms with Crippen molar-refractivity contribution in [3.63, 3.8) is 0 Å². The molecule has 0 aliphatic rings. The van der Waals surface area contributed by atoms with E-state index in [4.69, 9.17) is 9.84 Å². The third-order valence-electron chi connectivity index (χ3n) is 2.94. The number of rotatable bonds is 5. The summed E-state index contributed by atoms with van der Waals surface area (Å²) < 4.78 is 41.8. The molecule has 0 amide bonds. The molecule has 0 atom stereocenters. The third-order valence-corrected chi connectivity index (χ3v) is 2.94. The summed E-state index contributed by atoms with van der Waals surface area (Å²) in [5.41, 5.74) is 0.968. The van der Waals surface area contributed by atoms with Crippen molar-refractivity contribution in [1.29, 1.82) is 0 Å². The fraction of sp³-hybridized carbons (Fsp3) is 0.188. The van der Waals surface area contributed by atoms with Crippen molar-refractivity contribution in [2.75, 3.05) is 6.61 Å². The second-order valence-corrected chi connectivity index (χ2v) is 4.67. The van der Waals surface area contributed by atoms with Crippen LogP contribution in [0.4, 0.5) is 13.2 Å². The van der Waals surface area contributed by atoms with E-state index in [0.29, 0.717) is 5.56 Å². The molecule has 2 aromatic carbocycles. The van der Waals surface area contributed by atoms with Gasteiger partial charge in [-0.15, -0.1) is 0 Å². The van der Waals surface area contributed by atoms with Crippen LogP contribution in [0.1, 0.15) is 21.5 Å². The number of hydrogen-bond acceptors (Lipinski definition) is 2. The maximum Gasteiger partial charge on any atom is 0.422 e. The average Bonchev–Trinajstić information content (AvgIpc) is 2.45. The van der Waals surface area contributed by atoms with Crippen LogP contribution in [0.5, 0.6) is 5.75 Å². The van der Waals surface area contributed by atoms with Crippen molar-refractivity contribution in [2.24, 2.45) is 0 Å². The zero-order chi connectivity index (χ0) is 16.2. The van der Waals surface area contributed by atoms with Crippen LogP contribution in [0.3, 0.4) is 0 Å². The van der Waals surface area contributed by atoms with Crippen LogP contribution in [0.25, 0.3) is 0 Å². The Labute approximate surface area is 125 Å². The molecule has 0 spiro atoms. The minimum absolute atomic E-state index is 0.240. The van der Waals surface area contributed by atoms with E-state index in [0.717, 1.165) is 5.56 Å². The first-order chi connectivity index (χ1) is 10.4. The molecule has 22 heavy (non-hydrogen) atoms. The predicted octanol–water partition coefficient (Wildman–Crippen LogP) is 3.92. The number of alkyl halides is 3. The first-order valence-electron chi connectivity index (χ1n) is 6.45. The van der Waals surface area contributed by atoms with Crippen LogP contribution < -0.4 is 4.74 Å². The maximum absolute atomic E-state index is 12.4. The lowest BCUT2D eigenvalue weighted by atomic mass is 10.0. The smallest absolute Gasteiger partial charge is 0.422 e. The van der Waals surface area contributed by atoms with E-state index < -0.39 is 18.8 Å². The van der Waals surface area contributed by atoms with E-state index in [1.165, 1.54) is 12.1 Å². The number of para-hydroxylation sites is 1. The van der Waals surface area contributed by atoms with Gasteiger partial charge in [0.1, 0.15) is 11.3 Å². The summed E-state index contributed by atoms with van der Waals surface area (Å²) in [6, 6.07) is 13.3. The van der Waals surface area contributed by atoms with Crippen molar-refractivity contribution >= 4 is 5.97 Å². The number of carboxylic acids is 1. The number of carboxylic acid groups (broad SMARTS) is 1. The Morgan fingerprint density at radius 2 is 1.73 bits per heavy atom. The summed E-state index contributed by atoms with van der Waals surface area (Å²) >= 11 is 0. The van der Waals surface area contributed by atoms with Crippen LogP contribution >= 0.6 is 0 Å². The van der Waals surface area contributed by atoms with Crippen LogP contribution in [0.15, 0.2) is 48.5 Å². The van der Waals surface area contributed by atoms with Gasteiger partial charge in [0.2, 0.25) is 0 Å². The molecule has 0 aromatic heterocycles. The van der Waals surface area contributed by atoms with Crippen molar-refractivity contribution in [2.45, 2.75) is 12.6 Å². The van der Waals surface area contributed by atoms with E-state index in [-0.39, 0.29) is 17.7 Å². The lowest BCUT2D eigenvalue weighted by Crippen LogP contribution is -2.21. The number of ether oxygens (including phenoxy) is 1. The number of hydrogen-bond donors (Lipinski definition) is 1. The minimum Gasteiger partial charge on any atom is -0.483 e. The fourth-order valence-electron chi connectivity index (χ4n) is 2.03. The van der Waals surface area contributed by atoms with Gasteiger partial charge in [0, 0.05) is 6.42 Å². The summed E-state index contributed by atoms with van der Waals surface area (Å²) in [7, 11) is 0. The normalized spacial score (nSPS) is 11.2. The molecule has 0 aliphatic carbocycles. The first-order valence-corrected chi connectivity index (χ1v) is 6.45. The van der Waals surface area contributed by atoms with Gasteiger partial charge >= 0.3 is 12.1 Å². The zero-order valence-corrected chi connectivity index (χ0v) is 11.4. The van der Waals surface area contributed by atoms with E-state index in [2.05, 4.69) is 0 Å². The lowest BCUT2D eigenvalue weighted by Gasteiger charge is -2.15. The van der Waals surface area contributed by atoms with Crippen LogP contribution in [-0.2, 0) is 6.42 Å². The number of aromatic carboxylic acids is 1. The molecular formula is C16H13F3O3. The predicted molar refractivity (Wildman–Crippen MR) is 74.2 cm³/mol. The van der Waals surface area contributed by atoms with Gasteiger partial charge in [-0.05, 0) is 17.2 Å². The highest BCUT2D eigenvalue weighted by Crippen LogP contribution is 2.28. The topological polar surface area (TPSA) is 46.5 Å². The van der Waals surface area contributed by atoms with Gasteiger partial charge in [0.25, 0.3) is 0 Å². The molecule has 6 heteroatoms. The molecule has 0 heterocycles. The number of halogens is 3. The monoisotopic (exact) mass is 310 g/mol. The minimum atomic E-state index is -4.53. The Kier molecular flexibility index (Phi) is 4.70. The summed E-state index contributed by atoms with van der Waals surface area (Å²) in [6.07, 6.45) is -4.25. The van der Waals surface area contributed by atoms with Crippen LogP contribution in [0, 0.1) is 0 Å². The summed E-state index contributed by atoms with van der Waals surface area (Å²) in [5, 5.41) is 9.12. The highest BCUT2D eigenvalue weighted by atomic mass is 19.4. The molecule has 0 bridgehead atoms. The van der Waals surface area contributed by atoms with Gasteiger partial charge in [0.15, 0.2) is 6.61 Å².